The van der Waals surface area contributed by atoms with Crippen LogP contribution in [-0.4, -0.2) is 10.8 Å². The number of carbonyl (C=O) groups excluding carboxylic acids is 1. The van der Waals surface area contributed by atoms with Gasteiger partial charge in [-0.3, -0.25) is 14.9 Å². The molecule has 0 aliphatic carbocycles. The fourth-order valence-electron chi connectivity index (χ4n) is 1.98. The molecule has 1 amide bonds. The van der Waals surface area contributed by atoms with Gasteiger partial charge in [-0.25, -0.2) is 5.43 Å². The largest absolute Gasteiger partial charge is 0.437 e. The zero-order valence-corrected chi connectivity index (χ0v) is 11.8. The number of non-ortho nitro benzene ring substituents is 1. The average Bonchev–Trinajstić information content (AvgIpc) is 2.59. The monoisotopic (exact) mass is 309 g/mol. The maximum atomic E-state index is 11.9. The van der Waals surface area contributed by atoms with Crippen molar-refractivity contribution in [1.82, 2.24) is 5.43 Å². The molecule has 7 nitrogen and oxygen atoms in total. The number of amides is 1. The van der Waals surface area contributed by atoms with Crippen LogP contribution in [0.2, 0.25) is 0 Å². The third-order valence-electron chi connectivity index (χ3n) is 3.15. The maximum absolute atomic E-state index is 11.9. The molecular weight excluding hydrogens is 298 g/mol. The van der Waals surface area contributed by atoms with Gasteiger partial charge in [0.2, 0.25) is 5.55 Å². The molecule has 0 fully saturated rings. The molecule has 2 aromatic carbocycles. The summed E-state index contributed by atoms with van der Waals surface area (Å²) in [5, 5.41) is 15.4. The van der Waals surface area contributed by atoms with E-state index in [1.165, 1.54) is 24.3 Å². The molecule has 7 heteroatoms. The third-order valence-corrected chi connectivity index (χ3v) is 3.15. The van der Waals surface area contributed by atoms with Crippen molar-refractivity contribution < 1.29 is 14.1 Å². The molecule has 1 aromatic heterocycles. The van der Waals surface area contributed by atoms with Crippen LogP contribution in [-0.2, 0) is 0 Å². The van der Waals surface area contributed by atoms with Gasteiger partial charge in [0.05, 0.1) is 4.92 Å². The van der Waals surface area contributed by atoms with Crippen LogP contribution >= 0.6 is 0 Å². The van der Waals surface area contributed by atoms with Crippen molar-refractivity contribution in [1.29, 1.82) is 0 Å². The van der Waals surface area contributed by atoms with Crippen LogP contribution in [0.1, 0.15) is 10.4 Å². The first kappa shape index (κ1) is 14.5. The van der Waals surface area contributed by atoms with E-state index in [9.17, 15) is 14.9 Å². The number of benzene rings is 2. The van der Waals surface area contributed by atoms with Gasteiger partial charge >= 0.3 is 0 Å². The lowest BCUT2D eigenvalue weighted by molar-refractivity contribution is -0.384. The Morgan fingerprint density at radius 2 is 1.78 bits per heavy atom. The highest BCUT2D eigenvalue weighted by Gasteiger charge is 2.08. The molecule has 1 heterocycles. The molecular formula is C16H11N3O4. The Morgan fingerprint density at radius 3 is 2.52 bits per heavy atom. The molecule has 0 unspecified atom stereocenters. The summed E-state index contributed by atoms with van der Waals surface area (Å²) in [5.41, 5.74) is 3.43. The van der Waals surface area contributed by atoms with Gasteiger partial charge in [0.1, 0.15) is 5.58 Å². The van der Waals surface area contributed by atoms with Crippen molar-refractivity contribution in [3.8, 4) is 0 Å². The van der Waals surface area contributed by atoms with E-state index in [-0.39, 0.29) is 16.8 Å². The maximum Gasteiger partial charge on any atom is 0.271 e. The second kappa shape index (κ2) is 6.10. The number of nitro benzene ring substituents is 1. The zero-order valence-electron chi connectivity index (χ0n) is 11.8. The average molecular weight is 309 g/mol. The van der Waals surface area contributed by atoms with Gasteiger partial charge in [-0.2, -0.15) is 0 Å². The number of hydrogen-bond acceptors (Lipinski definition) is 5. The van der Waals surface area contributed by atoms with E-state index in [1.54, 1.807) is 12.1 Å². The van der Waals surface area contributed by atoms with Crippen LogP contribution in [0.15, 0.2) is 70.2 Å². The summed E-state index contributed by atoms with van der Waals surface area (Å²) in [6, 6.07) is 16.1. The first-order valence-electron chi connectivity index (χ1n) is 6.71. The Hall–Kier alpha value is -3.48. The minimum atomic E-state index is -0.528. The number of rotatable bonds is 3. The van der Waals surface area contributed by atoms with E-state index in [1.807, 2.05) is 24.3 Å². The predicted octanol–water partition coefficient (Wildman–Crippen LogP) is 2.59. The Morgan fingerprint density at radius 1 is 1.04 bits per heavy atom. The van der Waals surface area contributed by atoms with E-state index in [4.69, 9.17) is 4.42 Å². The number of nitro groups is 1. The molecule has 1 N–H and O–H groups in total. The SMILES string of the molecule is O=C(N/N=c1/ccc2ccccc2o1)c1ccc([N+](=O)[O-])cc1. The molecule has 23 heavy (non-hydrogen) atoms. The second-order valence-corrected chi connectivity index (χ2v) is 4.67. The smallest absolute Gasteiger partial charge is 0.271 e. The van der Waals surface area contributed by atoms with Crippen molar-refractivity contribution in [3.63, 3.8) is 0 Å². The minimum Gasteiger partial charge on any atom is -0.437 e. The van der Waals surface area contributed by atoms with E-state index in [2.05, 4.69) is 10.5 Å². The number of hydrogen-bond donors (Lipinski definition) is 1. The van der Waals surface area contributed by atoms with Crippen LogP contribution in [0.5, 0.6) is 0 Å². The topological polar surface area (TPSA) is 97.7 Å². The van der Waals surface area contributed by atoms with Gasteiger partial charge in [-0.15, -0.1) is 5.10 Å². The first-order valence-corrected chi connectivity index (χ1v) is 6.71. The van der Waals surface area contributed by atoms with Gasteiger partial charge in [0.15, 0.2) is 0 Å². The molecule has 0 saturated heterocycles. The summed E-state index contributed by atoms with van der Waals surface area (Å²) in [6.45, 7) is 0. The van der Waals surface area contributed by atoms with Crippen molar-refractivity contribution in [2.75, 3.05) is 0 Å². The Kier molecular flexibility index (Phi) is 3.84. The fraction of sp³-hybridized carbons (Fsp3) is 0. The van der Waals surface area contributed by atoms with Crippen LogP contribution < -0.4 is 11.0 Å². The van der Waals surface area contributed by atoms with Gasteiger partial charge < -0.3 is 4.42 Å². The molecule has 0 saturated carbocycles. The highest BCUT2D eigenvalue weighted by Crippen LogP contribution is 2.12. The highest BCUT2D eigenvalue weighted by molar-refractivity contribution is 5.94. The van der Waals surface area contributed by atoms with Gasteiger partial charge in [0, 0.05) is 29.1 Å². The lowest BCUT2D eigenvalue weighted by atomic mass is 10.2. The fourth-order valence-corrected chi connectivity index (χ4v) is 1.98. The molecule has 0 bridgehead atoms. The summed E-state index contributed by atoms with van der Waals surface area (Å²) in [4.78, 5) is 22.0. The molecule has 0 aliphatic heterocycles. The van der Waals surface area contributed by atoms with E-state index < -0.39 is 10.8 Å². The molecule has 3 rings (SSSR count). The summed E-state index contributed by atoms with van der Waals surface area (Å²) >= 11 is 0. The third kappa shape index (κ3) is 3.24. The zero-order chi connectivity index (χ0) is 16.2. The lowest BCUT2D eigenvalue weighted by Crippen LogP contribution is -2.20. The molecule has 0 radical (unpaired) electrons. The van der Waals surface area contributed by atoms with Gasteiger partial charge in [0.25, 0.3) is 11.6 Å². The van der Waals surface area contributed by atoms with Crippen molar-refractivity contribution >= 4 is 22.6 Å². The van der Waals surface area contributed by atoms with E-state index in [0.29, 0.717) is 5.58 Å². The second-order valence-electron chi connectivity index (χ2n) is 4.67. The number of carbonyl (C=O) groups is 1. The summed E-state index contributed by atoms with van der Waals surface area (Å²) in [6.07, 6.45) is 0. The summed E-state index contributed by atoms with van der Waals surface area (Å²) in [7, 11) is 0. The van der Waals surface area contributed by atoms with Crippen LogP contribution in [0, 0.1) is 10.1 Å². The Balaban J connectivity index is 1.80. The molecule has 0 spiro atoms. The number of nitrogens with one attached hydrogen (secondary N) is 1. The summed E-state index contributed by atoms with van der Waals surface area (Å²) in [5.74, 6) is -0.483. The number of para-hydroxylation sites is 1. The predicted molar refractivity (Wildman–Crippen MR) is 82.3 cm³/mol. The molecule has 114 valence electrons. The van der Waals surface area contributed by atoms with E-state index >= 15 is 0 Å². The van der Waals surface area contributed by atoms with Gasteiger partial charge in [-0.05, 0) is 24.3 Å². The van der Waals surface area contributed by atoms with Crippen LogP contribution in [0.3, 0.4) is 0 Å². The Bertz CT molecular complexity index is 945. The van der Waals surface area contributed by atoms with Crippen LogP contribution in [0.4, 0.5) is 5.69 Å². The summed E-state index contributed by atoms with van der Waals surface area (Å²) < 4.78 is 5.53. The highest BCUT2D eigenvalue weighted by atomic mass is 16.6. The van der Waals surface area contributed by atoms with Crippen molar-refractivity contribution in [3.05, 3.63) is 81.9 Å². The van der Waals surface area contributed by atoms with Gasteiger partial charge in [-0.1, -0.05) is 18.2 Å². The molecule has 3 aromatic rings. The van der Waals surface area contributed by atoms with Crippen molar-refractivity contribution in [2.24, 2.45) is 5.10 Å². The number of fused-ring (bicyclic) bond motifs is 1. The molecule has 0 atom stereocenters. The normalized spacial score (nSPS) is 11.4. The standard InChI is InChI=1S/C16H11N3O4/c20-16(12-5-8-13(9-6-12)19(21)22)18-17-15-10-7-11-3-1-2-4-14(11)23-15/h1-10H,(H,18,20)/b17-15-. The molecule has 0 aliphatic rings. The minimum absolute atomic E-state index is 0.0805. The lowest BCUT2D eigenvalue weighted by Gasteiger charge is -1.99. The Labute approximate surface area is 130 Å². The van der Waals surface area contributed by atoms with Crippen LogP contribution in [0.25, 0.3) is 11.0 Å². The first-order chi connectivity index (χ1) is 11.1. The number of nitrogens with zero attached hydrogens (tertiary/aromatic N) is 2. The quantitative estimate of drug-likeness (QED) is 0.594. The van der Waals surface area contributed by atoms with E-state index in [0.717, 1.165) is 5.39 Å². The van der Waals surface area contributed by atoms with Crippen molar-refractivity contribution in [2.45, 2.75) is 0 Å².